The number of para-hydroxylation sites is 1. The molecule has 0 saturated carbocycles. The smallest absolute Gasteiger partial charge is 0.174 e. The fourth-order valence-corrected chi connectivity index (χ4v) is 1.21. The highest BCUT2D eigenvalue weighted by Crippen LogP contribution is 2.15. The topological polar surface area (TPSA) is 76.1 Å². The fourth-order valence-electron chi connectivity index (χ4n) is 1.21. The zero-order valence-electron chi connectivity index (χ0n) is 8.89. The molecular weight excluding hydrogens is 218 g/mol. The van der Waals surface area contributed by atoms with Crippen LogP contribution in [0.3, 0.4) is 0 Å². The summed E-state index contributed by atoms with van der Waals surface area (Å²) in [6.45, 7) is 0.0114. The minimum Gasteiger partial charge on any atom is -0.478 e. The molecule has 2 rings (SSSR count). The van der Waals surface area contributed by atoms with Gasteiger partial charge in [0.2, 0.25) is 0 Å². The highest BCUT2D eigenvalue weighted by Gasteiger charge is 1.99. The second-order valence-corrected chi connectivity index (χ2v) is 3.07. The first-order valence-corrected chi connectivity index (χ1v) is 4.88. The van der Waals surface area contributed by atoms with Crippen molar-refractivity contribution in [2.45, 2.75) is 0 Å². The summed E-state index contributed by atoms with van der Waals surface area (Å²) < 4.78 is 6.74. The summed E-state index contributed by atoms with van der Waals surface area (Å²) in [4.78, 5) is 0. The molecule has 0 fully saturated rings. The first kappa shape index (κ1) is 10.8. The first-order valence-electron chi connectivity index (χ1n) is 4.88. The molecule has 1 aromatic carbocycles. The maximum absolute atomic E-state index is 8.47. The van der Waals surface area contributed by atoms with Gasteiger partial charge in [-0.25, -0.2) is 4.68 Å². The van der Waals surface area contributed by atoms with Crippen molar-refractivity contribution in [1.29, 1.82) is 5.26 Å². The minimum atomic E-state index is 0.0114. The zero-order valence-corrected chi connectivity index (χ0v) is 8.89. The van der Waals surface area contributed by atoms with E-state index in [1.165, 1.54) is 17.3 Å². The third kappa shape index (κ3) is 2.89. The number of hydrogen-bond acceptors (Lipinski definition) is 5. The second kappa shape index (κ2) is 5.42. The quantitative estimate of drug-likeness (QED) is 0.732. The number of rotatable bonds is 4. The number of benzene rings is 1. The van der Waals surface area contributed by atoms with Gasteiger partial charge in [-0.3, -0.25) is 0 Å². The predicted octanol–water partition coefficient (Wildman–Crippen LogP) is 1.06. The molecular formula is C11H9N5O. The summed E-state index contributed by atoms with van der Waals surface area (Å²) in [5, 5.41) is 19.8. The monoisotopic (exact) mass is 227 g/mol. The fraction of sp³-hybridized carbons (Fsp3) is 0.0909. The van der Waals surface area contributed by atoms with E-state index in [-0.39, 0.29) is 6.61 Å². The molecule has 0 spiro atoms. The summed E-state index contributed by atoms with van der Waals surface area (Å²) in [6, 6.07) is 9.26. The van der Waals surface area contributed by atoms with Crippen LogP contribution in [0.1, 0.15) is 5.56 Å². The zero-order chi connectivity index (χ0) is 11.9. The summed E-state index contributed by atoms with van der Waals surface area (Å²) in [6.07, 6.45) is 4.58. The van der Waals surface area contributed by atoms with Gasteiger partial charge in [0.1, 0.15) is 24.5 Å². The molecule has 0 radical (unpaired) electrons. The van der Waals surface area contributed by atoms with E-state index in [9.17, 15) is 0 Å². The van der Waals surface area contributed by atoms with Crippen LogP contribution in [0.15, 0.2) is 42.0 Å². The molecule has 0 bridgehead atoms. The van der Waals surface area contributed by atoms with Crippen molar-refractivity contribution >= 4 is 6.21 Å². The molecule has 1 heterocycles. The van der Waals surface area contributed by atoms with Crippen molar-refractivity contribution in [3.63, 3.8) is 0 Å². The molecule has 0 unspecified atom stereocenters. The van der Waals surface area contributed by atoms with Crippen LogP contribution in [0.2, 0.25) is 0 Å². The van der Waals surface area contributed by atoms with E-state index in [0.29, 0.717) is 5.75 Å². The van der Waals surface area contributed by atoms with Crippen LogP contribution in [0.5, 0.6) is 5.75 Å². The Labute approximate surface area is 97.8 Å². The number of hydrogen-bond donors (Lipinski definition) is 0. The van der Waals surface area contributed by atoms with Gasteiger partial charge in [0.25, 0.3) is 0 Å². The third-order valence-electron chi connectivity index (χ3n) is 1.95. The van der Waals surface area contributed by atoms with Gasteiger partial charge in [-0.15, -0.1) is 10.2 Å². The summed E-state index contributed by atoms with van der Waals surface area (Å²) in [5.74, 6) is 0.617. The van der Waals surface area contributed by atoms with Crippen molar-refractivity contribution in [1.82, 2.24) is 14.9 Å². The molecule has 0 N–H and O–H groups in total. The van der Waals surface area contributed by atoms with E-state index in [2.05, 4.69) is 15.3 Å². The Morgan fingerprint density at radius 3 is 2.88 bits per heavy atom. The third-order valence-corrected chi connectivity index (χ3v) is 1.95. The van der Waals surface area contributed by atoms with Crippen molar-refractivity contribution in [2.24, 2.45) is 5.10 Å². The van der Waals surface area contributed by atoms with Gasteiger partial charge in [0.15, 0.2) is 6.61 Å². The SMILES string of the molecule is N#CCOc1ccccc1/C=N\n1cnnc1. The van der Waals surface area contributed by atoms with Crippen molar-refractivity contribution < 1.29 is 4.74 Å². The lowest BCUT2D eigenvalue weighted by atomic mass is 10.2. The summed E-state index contributed by atoms with van der Waals surface area (Å²) in [5.41, 5.74) is 0.788. The molecule has 6 nitrogen and oxygen atoms in total. The maximum Gasteiger partial charge on any atom is 0.174 e. The van der Waals surface area contributed by atoms with Crippen molar-refractivity contribution in [3.8, 4) is 11.8 Å². The van der Waals surface area contributed by atoms with Gasteiger partial charge in [0.05, 0.1) is 6.21 Å². The Hall–Kier alpha value is -2.68. The van der Waals surface area contributed by atoms with Gasteiger partial charge >= 0.3 is 0 Å². The van der Waals surface area contributed by atoms with Gasteiger partial charge < -0.3 is 4.74 Å². The van der Waals surface area contributed by atoms with Crippen LogP contribution < -0.4 is 4.74 Å². The second-order valence-electron chi connectivity index (χ2n) is 3.07. The van der Waals surface area contributed by atoms with Crippen molar-refractivity contribution in [3.05, 3.63) is 42.5 Å². The van der Waals surface area contributed by atoms with Crippen LogP contribution in [-0.4, -0.2) is 27.7 Å². The van der Waals surface area contributed by atoms with Crippen LogP contribution in [0.25, 0.3) is 0 Å². The van der Waals surface area contributed by atoms with E-state index in [4.69, 9.17) is 10.00 Å². The first-order chi connectivity index (χ1) is 8.40. The van der Waals surface area contributed by atoms with Gasteiger partial charge in [0, 0.05) is 5.56 Å². The molecule has 0 saturated heterocycles. The lowest BCUT2D eigenvalue weighted by Crippen LogP contribution is -1.97. The van der Waals surface area contributed by atoms with Gasteiger partial charge in [-0.2, -0.15) is 10.4 Å². The molecule has 1 aromatic heterocycles. The molecule has 0 aliphatic rings. The van der Waals surface area contributed by atoms with Gasteiger partial charge in [-0.05, 0) is 12.1 Å². The average Bonchev–Trinajstić information content (AvgIpc) is 2.88. The van der Waals surface area contributed by atoms with Gasteiger partial charge in [-0.1, -0.05) is 12.1 Å². The van der Waals surface area contributed by atoms with E-state index < -0.39 is 0 Å². The van der Waals surface area contributed by atoms with E-state index in [1.54, 1.807) is 12.3 Å². The Morgan fingerprint density at radius 2 is 2.12 bits per heavy atom. The van der Waals surface area contributed by atoms with E-state index >= 15 is 0 Å². The normalized spacial score (nSPS) is 10.3. The van der Waals surface area contributed by atoms with E-state index in [1.807, 2.05) is 24.3 Å². The van der Waals surface area contributed by atoms with Crippen LogP contribution in [-0.2, 0) is 0 Å². The van der Waals surface area contributed by atoms with Crippen LogP contribution in [0.4, 0.5) is 0 Å². The number of ether oxygens (including phenoxy) is 1. The average molecular weight is 227 g/mol. The molecule has 0 atom stereocenters. The molecule has 0 aliphatic heterocycles. The molecule has 17 heavy (non-hydrogen) atoms. The highest BCUT2D eigenvalue weighted by atomic mass is 16.5. The molecule has 84 valence electrons. The van der Waals surface area contributed by atoms with E-state index in [0.717, 1.165) is 5.56 Å². The van der Waals surface area contributed by atoms with Crippen molar-refractivity contribution in [2.75, 3.05) is 6.61 Å². The minimum absolute atomic E-state index is 0.0114. The Morgan fingerprint density at radius 1 is 1.35 bits per heavy atom. The van der Waals surface area contributed by atoms with Crippen LogP contribution >= 0.6 is 0 Å². The van der Waals surface area contributed by atoms with Crippen LogP contribution in [0, 0.1) is 11.3 Å². The number of nitrogens with zero attached hydrogens (tertiary/aromatic N) is 5. The predicted molar refractivity (Wildman–Crippen MR) is 60.6 cm³/mol. The standard InChI is InChI=1S/C11H9N5O/c12-5-6-17-11-4-2-1-3-10(11)7-15-16-8-13-14-9-16/h1-4,7-9H,6H2/b15-7-. The molecule has 6 heteroatoms. The number of nitriles is 1. The lowest BCUT2D eigenvalue weighted by molar-refractivity contribution is 0.367. The Balaban J connectivity index is 2.18. The number of aromatic nitrogens is 3. The summed E-state index contributed by atoms with van der Waals surface area (Å²) >= 11 is 0. The molecule has 0 aliphatic carbocycles. The molecule has 2 aromatic rings. The Bertz CT molecular complexity index is 541. The largest absolute Gasteiger partial charge is 0.478 e. The highest BCUT2D eigenvalue weighted by molar-refractivity contribution is 5.83. The molecule has 0 amide bonds. The maximum atomic E-state index is 8.47. The Kier molecular flexibility index (Phi) is 3.45. The lowest BCUT2D eigenvalue weighted by Gasteiger charge is -2.04. The summed E-state index contributed by atoms with van der Waals surface area (Å²) in [7, 11) is 0.